The lowest BCUT2D eigenvalue weighted by atomic mass is 10.0. The largest absolute Gasteiger partial charge is 0.573 e. The number of aromatic nitrogens is 1. The average molecular weight is 505 g/mol. The van der Waals surface area contributed by atoms with E-state index >= 15 is 0 Å². The number of carbonyl (C=O) groups is 1. The number of piperidine rings is 1. The summed E-state index contributed by atoms with van der Waals surface area (Å²) in [7, 11) is 0. The van der Waals surface area contributed by atoms with Crippen molar-refractivity contribution in [2.75, 3.05) is 18.0 Å². The van der Waals surface area contributed by atoms with Gasteiger partial charge in [0.1, 0.15) is 17.2 Å². The predicted molar refractivity (Wildman–Crippen MR) is 126 cm³/mol. The zero-order chi connectivity index (χ0) is 25.9. The van der Waals surface area contributed by atoms with E-state index < -0.39 is 12.3 Å². The van der Waals surface area contributed by atoms with Crippen molar-refractivity contribution in [3.63, 3.8) is 0 Å². The first-order valence-corrected chi connectivity index (χ1v) is 11.7. The molecule has 0 amide bonds. The van der Waals surface area contributed by atoms with Crippen LogP contribution in [0.2, 0.25) is 0 Å². The Labute approximate surface area is 206 Å². The molecule has 4 rings (SSSR count). The minimum Gasteiger partial charge on any atom is -0.478 e. The van der Waals surface area contributed by atoms with Gasteiger partial charge in [-0.05, 0) is 49.2 Å². The molecule has 7 nitrogen and oxygen atoms in total. The average Bonchev–Trinajstić information content (AvgIpc) is 3.26. The van der Waals surface area contributed by atoms with Crippen LogP contribution in [-0.2, 0) is 11.3 Å². The molecule has 1 aliphatic heterocycles. The van der Waals surface area contributed by atoms with Gasteiger partial charge < -0.3 is 24.0 Å². The summed E-state index contributed by atoms with van der Waals surface area (Å²) in [6.45, 7) is 5.43. The molecule has 3 aromatic rings. The lowest BCUT2D eigenvalue weighted by molar-refractivity contribution is -0.274. The fourth-order valence-electron chi connectivity index (χ4n) is 4.30. The van der Waals surface area contributed by atoms with Gasteiger partial charge in [-0.25, -0.2) is 4.79 Å². The molecular weight excluding hydrogens is 477 g/mol. The molecule has 1 aliphatic rings. The topological polar surface area (TPSA) is 85.0 Å². The number of ether oxygens (including phenoxy) is 2. The number of para-hydroxylation sites is 1. The molecular formula is C26H27F3N2O5. The Morgan fingerprint density at radius 3 is 2.42 bits per heavy atom. The fraction of sp³-hybridized carbons (Fsp3) is 0.385. The number of rotatable bonds is 8. The second kappa shape index (κ2) is 10.6. The number of aromatic carboxylic acids is 1. The van der Waals surface area contributed by atoms with Crippen LogP contribution < -0.4 is 9.64 Å². The summed E-state index contributed by atoms with van der Waals surface area (Å²) in [4.78, 5) is 13.2. The lowest BCUT2D eigenvalue weighted by Crippen LogP contribution is -2.37. The summed E-state index contributed by atoms with van der Waals surface area (Å²) < 4.78 is 54.8. The number of alkyl halides is 3. The third kappa shape index (κ3) is 5.99. The Hall–Kier alpha value is -3.53. The number of hydrogen-bond donors (Lipinski definition) is 1. The first kappa shape index (κ1) is 25.6. The standard InChI is InChI=1S/C26H27F3N2O5/c1-16(2)24-21(23(30-36-24)20-5-3-4-6-22(20)35-26(27,28)29)15-34-19-11-13-31(14-12-19)18-9-7-17(8-10-18)25(32)33/h3-10,16,19H,11-15H2,1-2H3,(H,32,33). The van der Waals surface area contributed by atoms with Gasteiger partial charge in [-0.15, -0.1) is 13.2 Å². The van der Waals surface area contributed by atoms with Gasteiger partial charge in [0.25, 0.3) is 0 Å². The normalized spacial score (nSPS) is 14.9. The maximum Gasteiger partial charge on any atom is 0.573 e. The van der Waals surface area contributed by atoms with Crippen molar-refractivity contribution in [3.05, 3.63) is 65.4 Å². The van der Waals surface area contributed by atoms with E-state index in [1.54, 1.807) is 30.3 Å². The Kier molecular flexibility index (Phi) is 7.53. The molecule has 1 fully saturated rings. The molecule has 1 N–H and O–H groups in total. The van der Waals surface area contributed by atoms with E-state index in [9.17, 15) is 18.0 Å². The quantitative estimate of drug-likeness (QED) is 0.388. The number of benzene rings is 2. The fourth-order valence-corrected chi connectivity index (χ4v) is 4.30. The first-order valence-electron chi connectivity index (χ1n) is 11.7. The van der Waals surface area contributed by atoms with Crippen molar-refractivity contribution in [1.29, 1.82) is 0 Å². The van der Waals surface area contributed by atoms with E-state index in [1.165, 1.54) is 18.2 Å². The predicted octanol–water partition coefficient (Wildman–Crippen LogP) is 6.25. The van der Waals surface area contributed by atoms with Crippen molar-refractivity contribution >= 4 is 11.7 Å². The molecule has 36 heavy (non-hydrogen) atoms. The summed E-state index contributed by atoms with van der Waals surface area (Å²) in [5, 5.41) is 13.2. The lowest BCUT2D eigenvalue weighted by Gasteiger charge is -2.33. The van der Waals surface area contributed by atoms with Gasteiger partial charge in [-0.3, -0.25) is 0 Å². The van der Waals surface area contributed by atoms with Gasteiger partial charge >= 0.3 is 12.3 Å². The van der Waals surface area contributed by atoms with E-state index in [-0.39, 0.29) is 41.2 Å². The Bertz CT molecular complexity index is 1180. The monoisotopic (exact) mass is 504 g/mol. The number of hydrogen-bond acceptors (Lipinski definition) is 6. The van der Waals surface area contributed by atoms with E-state index in [1.807, 2.05) is 13.8 Å². The highest BCUT2D eigenvalue weighted by Crippen LogP contribution is 2.38. The minimum atomic E-state index is -4.83. The van der Waals surface area contributed by atoms with E-state index in [2.05, 4.69) is 14.8 Å². The van der Waals surface area contributed by atoms with Crippen LogP contribution in [0.1, 0.15) is 54.3 Å². The molecule has 0 spiro atoms. The van der Waals surface area contributed by atoms with Crippen LogP contribution in [0.4, 0.5) is 18.9 Å². The van der Waals surface area contributed by atoms with Gasteiger partial charge in [0.05, 0.1) is 18.3 Å². The van der Waals surface area contributed by atoms with E-state index in [0.29, 0.717) is 11.3 Å². The molecule has 0 atom stereocenters. The molecule has 0 unspecified atom stereocenters. The van der Waals surface area contributed by atoms with Crippen LogP contribution in [0, 0.1) is 0 Å². The molecule has 2 aromatic carbocycles. The van der Waals surface area contributed by atoms with Crippen LogP contribution in [-0.4, -0.2) is 41.8 Å². The van der Waals surface area contributed by atoms with Crippen molar-refractivity contribution in [2.24, 2.45) is 0 Å². The first-order chi connectivity index (χ1) is 17.1. The van der Waals surface area contributed by atoms with E-state index in [0.717, 1.165) is 31.6 Å². The molecule has 1 aromatic heterocycles. The Morgan fingerprint density at radius 2 is 1.81 bits per heavy atom. The Morgan fingerprint density at radius 1 is 1.14 bits per heavy atom. The van der Waals surface area contributed by atoms with E-state index in [4.69, 9.17) is 14.4 Å². The summed E-state index contributed by atoms with van der Waals surface area (Å²) in [5.74, 6) is -0.800. The van der Waals surface area contributed by atoms with Crippen LogP contribution in [0.5, 0.6) is 5.75 Å². The smallest absolute Gasteiger partial charge is 0.478 e. The molecule has 0 saturated carbocycles. The number of anilines is 1. The van der Waals surface area contributed by atoms with Crippen LogP contribution in [0.25, 0.3) is 11.3 Å². The molecule has 10 heteroatoms. The maximum absolute atomic E-state index is 13.0. The van der Waals surface area contributed by atoms with Crippen LogP contribution in [0.15, 0.2) is 53.1 Å². The number of carboxylic acid groups (broad SMARTS) is 1. The number of nitrogens with zero attached hydrogens (tertiary/aromatic N) is 2. The molecule has 0 radical (unpaired) electrons. The van der Waals surface area contributed by atoms with Crippen molar-refractivity contribution < 1.29 is 37.1 Å². The molecule has 2 heterocycles. The summed E-state index contributed by atoms with van der Waals surface area (Å²) in [6, 6.07) is 12.6. The molecule has 0 bridgehead atoms. The van der Waals surface area contributed by atoms with Gasteiger partial charge in [0, 0.05) is 35.8 Å². The third-order valence-corrected chi connectivity index (χ3v) is 6.10. The maximum atomic E-state index is 13.0. The SMILES string of the molecule is CC(C)c1onc(-c2ccccc2OC(F)(F)F)c1COC1CCN(c2ccc(C(=O)O)cc2)CC1. The van der Waals surface area contributed by atoms with Crippen molar-refractivity contribution in [1.82, 2.24) is 5.16 Å². The highest BCUT2D eigenvalue weighted by molar-refractivity contribution is 5.88. The summed E-state index contributed by atoms with van der Waals surface area (Å²) in [6.07, 6.45) is -3.40. The second-order valence-corrected chi connectivity index (χ2v) is 8.92. The summed E-state index contributed by atoms with van der Waals surface area (Å²) in [5.41, 5.74) is 2.25. The van der Waals surface area contributed by atoms with Crippen LogP contribution >= 0.6 is 0 Å². The number of carboxylic acids is 1. The van der Waals surface area contributed by atoms with Crippen LogP contribution in [0.3, 0.4) is 0 Å². The Balaban J connectivity index is 1.46. The second-order valence-electron chi connectivity index (χ2n) is 8.92. The van der Waals surface area contributed by atoms with Gasteiger partial charge in [-0.2, -0.15) is 0 Å². The number of halogens is 3. The molecule has 0 aliphatic carbocycles. The van der Waals surface area contributed by atoms with Gasteiger partial charge in [-0.1, -0.05) is 31.1 Å². The van der Waals surface area contributed by atoms with Gasteiger partial charge in [0.15, 0.2) is 0 Å². The molecule has 1 saturated heterocycles. The zero-order valence-corrected chi connectivity index (χ0v) is 19.9. The zero-order valence-electron chi connectivity index (χ0n) is 19.9. The van der Waals surface area contributed by atoms with Gasteiger partial charge in [0.2, 0.25) is 0 Å². The van der Waals surface area contributed by atoms with Crippen molar-refractivity contribution in [2.45, 2.75) is 51.7 Å². The highest BCUT2D eigenvalue weighted by Gasteiger charge is 2.33. The minimum absolute atomic E-state index is 0.0452. The van der Waals surface area contributed by atoms with Crippen molar-refractivity contribution in [3.8, 4) is 17.0 Å². The molecule has 192 valence electrons. The highest BCUT2D eigenvalue weighted by atomic mass is 19.4. The summed E-state index contributed by atoms with van der Waals surface area (Å²) >= 11 is 0. The third-order valence-electron chi connectivity index (χ3n) is 6.10.